The van der Waals surface area contributed by atoms with Gasteiger partial charge in [-0.15, -0.1) is 0 Å². The van der Waals surface area contributed by atoms with Crippen molar-refractivity contribution in [1.82, 2.24) is 15.1 Å². The van der Waals surface area contributed by atoms with E-state index >= 15 is 0 Å². The molecule has 1 N–H and O–H groups in total. The highest BCUT2D eigenvalue weighted by molar-refractivity contribution is 5.81. The molecule has 0 aromatic heterocycles. The van der Waals surface area contributed by atoms with Crippen molar-refractivity contribution in [1.29, 1.82) is 0 Å². The molecular formula is C20H27F5N4. The van der Waals surface area contributed by atoms with E-state index in [9.17, 15) is 22.0 Å². The van der Waals surface area contributed by atoms with Crippen LogP contribution in [0.25, 0.3) is 0 Å². The third-order valence-corrected chi connectivity index (χ3v) is 5.64. The van der Waals surface area contributed by atoms with Gasteiger partial charge in [0.2, 0.25) is 0 Å². The van der Waals surface area contributed by atoms with E-state index < -0.39 is 24.4 Å². The average molecular weight is 418 g/mol. The Balaban J connectivity index is 1.53. The van der Waals surface area contributed by atoms with Crippen LogP contribution in [0.15, 0.2) is 23.2 Å². The van der Waals surface area contributed by atoms with Crippen LogP contribution >= 0.6 is 0 Å². The first kappa shape index (κ1) is 21.8. The molecule has 1 aliphatic heterocycles. The van der Waals surface area contributed by atoms with Gasteiger partial charge in [0.15, 0.2) is 5.96 Å². The Labute approximate surface area is 167 Å². The molecule has 9 heteroatoms. The first-order valence-corrected chi connectivity index (χ1v) is 9.93. The van der Waals surface area contributed by atoms with E-state index in [1.807, 2.05) is 4.90 Å². The van der Waals surface area contributed by atoms with Gasteiger partial charge in [0, 0.05) is 44.2 Å². The van der Waals surface area contributed by atoms with Gasteiger partial charge in [-0.25, -0.2) is 8.78 Å². The molecule has 1 aliphatic carbocycles. The fourth-order valence-electron chi connectivity index (χ4n) is 4.10. The lowest BCUT2D eigenvalue weighted by atomic mass is 10.1. The van der Waals surface area contributed by atoms with Crippen LogP contribution in [-0.2, 0) is 0 Å². The van der Waals surface area contributed by atoms with Crippen molar-refractivity contribution in [2.75, 3.05) is 39.8 Å². The van der Waals surface area contributed by atoms with Crippen LogP contribution in [0.4, 0.5) is 22.0 Å². The minimum Gasteiger partial charge on any atom is -0.353 e. The zero-order valence-electron chi connectivity index (χ0n) is 16.6. The number of halogens is 5. The molecule has 29 heavy (non-hydrogen) atoms. The third kappa shape index (κ3) is 5.58. The molecule has 0 amide bonds. The lowest BCUT2D eigenvalue weighted by molar-refractivity contribution is -0.146. The van der Waals surface area contributed by atoms with Crippen LogP contribution in [0.5, 0.6) is 0 Å². The Morgan fingerprint density at radius 1 is 1.28 bits per heavy atom. The summed E-state index contributed by atoms with van der Waals surface area (Å²) in [6.45, 7) is 2.87. The Morgan fingerprint density at radius 3 is 2.55 bits per heavy atom. The summed E-state index contributed by atoms with van der Waals surface area (Å²) in [6.07, 6.45) is -2.80. The molecule has 4 nitrogen and oxygen atoms in total. The highest BCUT2D eigenvalue weighted by Crippen LogP contribution is 2.43. The molecule has 2 aliphatic rings. The highest BCUT2D eigenvalue weighted by atomic mass is 19.4. The minimum atomic E-state index is -4.20. The van der Waals surface area contributed by atoms with E-state index in [0.29, 0.717) is 38.6 Å². The van der Waals surface area contributed by atoms with E-state index in [1.54, 1.807) is 14.0 Å². The number of nitrogens with one attached hydrogen (secondary N) is 1. The second-order valence-corrected chi connectivity index (χ2v) is 7.82. The molecule has 162 valence electrons. The standard InChI is InChI=1S/C20H27F5N4/c1-3-28(12-20(23,24)25)10-13-7-8-29(11-13)19(26-2)27-17-9-14(17)18-15(21)5-4-6-16(18)22/h4-6,13-14,17H,3,7-12H2,1-2H3,(H,26,27). The van der Waals surface area contributed by atoms with Gasteiger partial charge in [-0.3, -0.25) is 9.89 Å². The summed E-state index contributed by atoms with van der Waals surface area (Å²) in [6, 6.07) is 3.76. The van der Waals surface area contributed by atoms with Gasteiger partial charge < -0.3 is 10.2 Å². The maximum Gasteiger partial charge on any atom is 0.401 e. The minimum absolute atomic E-state index is 0.100. The van der Waals surface area contributed by atoms with Crippen molar-refractivity contribution in [3.05, 3.63) is 35.4 Å². The largest absolute Gasteiger partial charge is 0.401 e. The summed E-state index contributed by atoms with van der Waals surface area (Å²) in [7, 11) is 1.64. The number of hydrogen-bond donors (Lipinski definition) is 1. The Hall–Kier alpha value is -1.90. The lowest BCUT2D eigenvalue weighted by Crippen LogP contribution is -2.42. The molecule has 3 unspecified atom stereocenters. The summed E-state index contributed by atoms with van der Waals surface area (Å²) in [5.41, 5.74) is 0.102. The number of guanidine groups is 1. The van der Waals surface area contributed by atoms with Crippen molar-refractivity contribution < 1.29 is 22.0 Å². The number of likely N-dealkylation sites (tertiary alicyclic amines) is 1. The Bertz CT molecular complexity index is 716. The van der Waals surface area contributed by atoms with Crippen LogP contribution in [0, 0.1) is 17.6 Å². The van der Waals surface area contributed by atoms with Crippen LogP contribution in [0.2, 0.25) is 0 Å². The number of hydrogen-bond acceptors (Lipinski definition) is 2. The fraction of sp³-hybridized carbons (Fsp3) is 0.650. The van der Waals surface area contributed by atoms with E-state index in [-0.39, 0.29) is 23.4 Å². The fourth-order valence-corrected chi connectivity index (χ4v) is 4.10. The monoisotopic (exact) mass is 418 g/mol. The van der Waals surface area contributed by atoms with Crippen molar-refractivity contribution in [2.24, 2.45) is 10.9 Å². The van der Waals surface area contributed by atoms with Crippen LogP contribution in [-0.4, -0.2) is 67.7 Å². The molecule has 1 saturated carbocycles. The molecule has 0 bridgehead atoms. The SMILES string of the molecule is CCN(CC1CCN(C(=NC)NC2CC2c2c(F)cccc2F)C1)CC(F)(F)F. The quantitative estimate of drug-likeness (QED) is 0.435. The molecule has 3 atom stereocenters. The van der Waals surface area contributed by atoms with Crippen molar-refractivity contribution in [2.45, 2.75) is 37.9 Å². The van der Waals surface area contributed by atoms with Gasteiger partial charge in [-0.2, -0.15) is 13.2 Å². The smallest absolute Gasteiger partial charge is 0.353 e. The molecule has 1 heterocycles. The van der Waals surface area contributed by atoms with Crippen LogP contribution < -0.4 is 5.32 Å². The molecule has 0 radical (unpaired) electrons. The van der Waals surface area contributed by atoms with Crippen molar-refractivity contribution >= 4 is 5.96 Å². The summed E-state index contributed by atoms with van der Waals surface area (Å²) in [5.74, 6) is -0.570. The van der Waals surface area contributed by atoms with Crippen molar-refractivity contribution in [3.8, 4) is 0 Å². The zero-order valence-corrected chi connectivity index (χ0v) is 16.6. The van der Waals surface area contributed by atoms with E-state index in [4.69, 9.17) is 0 Å². The molecule has 1 aromatic carbocycles. The Morgan fingerprint density at radius 2 is 1.97 bits per heavy atom. The van der Waals surface area contributed by atoms with Gasteiger partial charge in [-0.1, -0.05) is 13.0 Å². The van der Waals surface area contributed by atoms with Crippen molar-refractivity contribution in [3.63, 3.8) is 0 Å². The van der Waals surface area contributed by atoms with E-state index in [1.165, 1.54) is 23.1 Å². The highest BCUT2D eigenvalue weighted by Gasteiger charge is 2.43. The second-order valence-electron chi connectivity index (χ2n) is 7.82. The number of rotatable bonds is 6. The Kier molecular flexibility index (Phi) is 6.65. The van der Waals surface area contributed by atoms with Gasteiger partial charge >= 0.3 is 6.18 Å². The lowest BCUT2D eigenvalue weighted by Gasteiger charge is -2.26. The number of aliphatic imine (C=N–C) groups is 1. The molecule has 0 spiro atoms. The molecular weight excluding hydrogens is 391 g/mol. The summed E-state index contributed by atoms with van der Waals surface area (Å²) >= 11 is 0. The average Bonchev–Trinajstić information content (AvgIpc) is 3.23. The topological polar surface area (TPSA) is 30.9 Å². The number of nitrogens with zero attached hydrogens (tertiary/aromatic N) is 3. The van der Waals surface area contributed by atoms with E-state index in [2.05, 4.69) is 10.3 Å². The molecule has 2 fully saturated rings. The number of benzene rings is 1. The summed E-state index contributed by atoms with van der Waals surface area (Å²) in [5, 5.41) is 3.26. The van der Waals surface area contributed by atoms with E-state index in [0.717, 1.165) is 6.42 Å². The molecule has 1 aromatic rings. The molecule has 1 saturated heterocycles. The van der Waals surface area contributed by atoms with Crippen LogP contribution in [0.1, 0.15) is 31.2 Å². The first-order valence-electron chi connectivity index (χ1n) is 9.93. The zero-order chi connectivity index (χ0) is 21.2. The predicted molar refractivity (Wildman–Crippen MR) is 102 cm³/mol. The predicted octanol–water partition coefficient (Wildman–Crippen LogP) is 3.60. The summed E-state index contributed by atoms with van der Waals surface area (Å²) < 4.78 is 66.0. The number of alkyl halides is 3. The van der Waals surface area contributed by atoms with Crippen LogP contribution in [0.3, 0.4) is 0 Å². The molecule has 3 rings (SSSR count). The first-order chi connectivity index (χ1) is 13.7. The van der Waals surface area contributed by atoms with Gasteiger partial charge in [0.05, 0.1) is 6.54 Å². The van der Waals surface area contributed by atoms with Gasteiger partial charge in [-0.05, 0) is 37.4 Å². The normalized spacial score (nSPS) is 25.0. The maximum absolute atomic E-state index is 14.0. The third-order valence-electron chi connectivity index (χ3n) is 5.64. The van der Waals surface area contributed by atoms with Gasteiger partial charge in [0.1, 0.15) is 11.6 Å². The maximum atomic E-state index is 14.0. The summed E-state index contributed by atoms with van der Waals surface area (Å²) in [4.78, 5) is 7.70. The second kappa shape index (κ2) is 8.85. The van der Waals surface area contributed by atoms with Gasteiger partial charge in [0.25, 0.3) is 0 Å².